The van der Waals surface area contributed by atoms with Gasteiger partial charge in [-0.05, 0) is 17.7 Å². The van der Waals surface area contributed by atoms with Crippen molar-refractivity contribution in [1.82, 2.24) is 0 Å². The summed E-state index contributed by atoms with van der Waals surface area (Å²) in [5.41, 5.74) is 11.9. The number of rotatable bonds is 4. The van der Waals surface area contributed by atoms with E-state index >= 15 is 0 Å². The summed E-state index contributed by atoms with van der Waals surface area (Å²) >= 11 is 0. The Labute approximate surface area is 118 Å². The lowest BCUT2D eigenvalue weighted by atomic mass is 10.1. The number of fused-ring (bicyclic) bond motifs is 1. The largest absolute Gasteiger partial charge is 0.454 e. The lowest BCUT2D eigenvalue weighted by Crippen LogP contribution is -2.39. The van der Waals surface area contributed by atoms with Crippen molar-refractivity contribution in [2.45, 2.75) is 23.6 Å². The Hall–Kier alpha value is -1.31. The maximum atomic E-state index is 12.2. The van der Waals surface area contributed by atoms with Crippen LogP contribution in [0.25, 0.3) is 0 Å². The zero-order valence-corrected chi connectivity index (χ0v) is 12.0. The normalized spacial score (nSPS) is 31.4. The molecule has 2 aliphatic rings. The average Bonchev–Trinajstić information content (AvgIpc) is 2.83. The monoisotopic (exact) mass is 298 g/mol. The predicted octanol–water partition coefficient (Wildman–Crippen LogP) is -0.0280. The fourth-order valence-corrected chi connectivity index (χ4v) is 5.00. The first-order valence-corrected chi connectivity index (χ1v) is 8.25. The fourth-order valence-electron chi connectivity index (χ4n) is 2.98. The lowest BCUT2D eigenvalue weighted by molar-refractivity contribution is 0.174. The lowest BCUT2D eigenvalue weighted by Gasteiger charge is -2.08. The zero-order valence-electron chi connectivity index (χ0n) is 11.2. The second-order valence-electron chi connectivity index (χ2n) is 5.28. The van der Waals surface area contributed by atoms with Crippen LogP contribution >= 0.6 is 0 Å². The van der Waals surface area contributed by atoms with Crippen molar-refractivity contribution in [2.75, 3.05) is 19.1 Å². The van der Waals surface area contributed by atoms with Crippen LogP contribution in [0.4, 0.5) is 0 Å². The molecule has 0 radical (unpaired) electrons. The Balaban J connectivity index is 1.98. The molecule has 7 heteroatoms. The van der Waals surface area contributed by atoms with Crippen molar-refractivity contribution in [1.29, 1.82) is 0 Å². The summed E-state index contributed by atoms with van der Waals surface area (Å²) in [6.07, 6.45) is 0. The molecule has 1 heterocycles. The van der Waals surface area contributed by atoms with Gasteiger partial charge in [-0.1, -0.05) is 13.0 Å². The van der Waals surface area contributed by atoms with E-state index in [1.54, 1.807) is 19.1 Å². The molecule has 3 atom stereocenters. The third-order valence-corrected chi connectivity index (χ3v) is 6.49. The molecule has 0 spiro atoms. The van der Waals surface area contributed by atoms with Gasteiger partial charge < -0.3 is 20.9 Å². The van der Waals surface area contributed by atoms with Gasteiger partial charge in [0.15, 0.2) is 21.3 Å². The first kappa shape index (κ1) is 13.7. The summed E-state index contributed by atoms with van der Waals surface area (Å²) in [6.45, 7) is 1.95. The van der Waals surface area contributed by atoms with E-state index in [1.165, 1.54) is 0 Å². The van der Waals surface area contributed by atoms with E-state index in [2.05, 4.69) is 0 Å². The van der Waals surface area contributed by atoms with Crippen LogP contribution in [0.2, 0.25) is 0 Å². The Morgan fingerprint density at radius 1 is 1.35 bits per heavy atom. The number of sulfone groups is 1. The first-order chi connectivity index (χ1) is 9.44. The standard InChI is InChI=1S/C13H18N2O4S/c1-2-20(16,17)12-11(13(12,15)6-14)8-3-4-9-10(5-8)19-7-18-9/h3-5,11-12H,2,6-7,14-15H2,1H3/t11-,12-,13-/m1/s1. The third-order valence-electron chi connectivity index (χ3n) is 4.20. The van der Waals surface area contributed by atoms with Crippen molar-refractivity contribution >= 4 is 9.84 Å². The van der Waals surface area contributed by atoms with Crippen LogP contribution in [0.5, 0.6) is 11.5 Å². The van der Waals surface area contributed by atoms with Crippen LogP contribution in [-0.4, -0.2) is 38.3 Å². The Bertz CT molecular complexity index is 646. The van der Waals surface area contributed by atoms with Crippen LogP contribution in [-0.2, 0) is 9.84 Å². The van der Waals surface area contributed by atoms with Gasteiger partial charge in [0.25, 0.3) is 0 Å². The van der Waals surface area contributed by atoms with Crippen molar-refractivity contribution < 1.29 is 17.9 Å². The molecule has 6 nitrogen and oxygen atoms in total. The van der Waals surface area contributed by atoms with Gasteiger partial charge in [-0.2, -0.15) is 0 Å². The van der Waals surface area contributed by atoms with Crippen molar-refractivity contribution in [3.05, 3.63) is 23.8 Å². The highest BCUT2D eigenvalue weighted by Crippen LogP contribution is 2.54. The van der Waals surface area contributed by atoms with E-state index in [-0.39, 0.29) is 25.0 Å². The molecule has 3 rings (SSSR count). The summed E-state index contributed by atoms with van der Waals surface area (Å²) in [4.78, 5) is 0. The number of hydrogen-bond acceptors (Lipinski definition) is 6. The summed E-state index contributed by atoms with van der Waals surface area (Å²) in [5, 5.41) is -0.620. The Morgan fingerprint density at radius 2 is 2.05 bits per heavy atom. The molecule has 0 saturated heterocycles. The van der Waals surface area contributed by atoms with E-state index in [9.17, 15) is 8.42 Å². The molecule has 4 N–H and O–H groups in total. The number of hydrogen-bond donors (Lipinski definition) is 2. The fraction of sp³-hybridized carbons (Fsp3) is 0.538. The van der Waals surface area contributed by atoms with Gasteiger partial charge in [0.2, 0.25) is 6.79 Å². The minimum atomic E-state index is -3.23. The van der Waals surface area contributed by atoms with Crippen LogP contribution in [0.1, 0.15) is 18.4 Å². The van der Waals surface area contributed by atoms with Crippen molar-refractivity contribution in [3.8, 4) is 11.5 Å². The zero-order chi connectivity index (χ0) is 14.5. The second kappa shape index (κ2) is 4.34. The predicted molar refractivity (Wildman–Crippen MR) is 74.5 cm³/mol. The van der Waals surface area contributed by atoms with E-state index in [1.807, 2.05) is 6.07 Å². The molecule has 0 amide bonds. The van der Waals surface area contributed by atoms with Gasteiger partial charge >= 0.3 is 0 Å². The topological polar surface area (TPSA) is 105 Å². The highest BCUT2D eigenvalue weighted by atomic mass is 32.2. The maximum absolute atomic E-state index is 12.2. The van der Waals surface area contributed by atoms with Gasteiger partial charge in [-0.25, -0.2) is 8.42 Å². The third kappa shape index (κ3) is 1.81. The van der Waals surface area contributed by atoms with Crippen LogP contribution < -0.4 is 20.9 Å². The molecule has 1 aliphatic carbocycles. The van der Waals surface area contributed by atoms with E-state index in [0.717, 1.165) is 5.56 Å². The molecule has 20 heavy (non-hydrogen) atoms. The summed E-state index contributed by atoms with van der Waals surface area (Å²) < 4.78 is 34.9. The number of benzene rings is 1. The Morgan fingerprint density at radius 3 is 2.70 bits per heavy atom. The highest BCUT2D eigenvalue weighted by molar-refractivity contribution is 7.92. The minimum Gasteiger partial charge on any atom is -0.454 e. The molecule has 1 aromatic carbocycles. The van der Waals surface area contributed by atoms with Crippen LogP contribution in [0.3, 0.4) is 0 Å². The number of ether oxygens (including phenoxy) is 2. The van der Waals surface area contributed by atoms with E-state index in [0.29, 0.717) is 11.5 Å². The molecule has 0 bridgehead atoms. The maximum Gasteiger partial charge on any atom is 0.231 e. The molecule has 1 saturated carbocycles. The van der Waals surface area contributed by atoms with Crippen LogP contribution in [0.15, 0.2) is 18.2 Å². The van der Waals surface area contributed by atoms with Gasteiger partial charge in [0.1, 0.15) is 0 Å². The molecular weight excluding hydrogens is 280 g/mol. The smallest absolute Gasteiger partial charge is 0.231 e. The SMILES string of the molecule is CCS(=O)(=O)[C@@H]1[C@@H](c2ccc3c(c2)OCO3)[C@]1(N)CN. The van der Waals surface area contributed by atoms with Gasteiger partial charge in [0.05, 0.1) is 10.8 Å². The Kier molecular flexibility index (Phi) is 2.97. The van der Waals surface area contributed by atoms with Crippen molar-refractivity contribution in [2.24, 2.45) is 11.5 Å². The quantitative estimate of drug-likeness (QED) is 0.809. The molecule has 0 unspecified atom stereocenters. The summed E-state index contributed by atoms with van der Waals surface area (Å²) in [7, 11) is -3.23. The molecule has 110 valence electrons. The molecule has 1 fully saturated rings. The summed E-state index contributed by atoms with van der Waals surface area (Å²) in [6, 6.07) is 5.42. The van der Waals surface area contributed by atoms with Crippen LogP contribution in [0, 0.1) is 0 Å². The minimum absolute atomic E-state index is 0.0671. The average molecular weight is 298 g/mol. The molecular formula is C13H18N2O4S. The van der Waals surface area contributed by atoms with Gasteiger partial charge in [-0.15, -0.1) is 0 Å². The van der Waals surface area contributed by atoms with Crippen molar-refractivity contribution in [3.63, 3.8) is 0 Å². The highest BCUT2D eigenvalue weighted by Gasteiger charge is 2.67. The summed E-state index contributed by atoms with van der Waals surface area (Å²) in [5.74, 6) is 1.07. The number of nitrogens with two attached hydrogens (primary N) is 2. The molecule has 1 aliphatic heterocycles. The van der Waals surface area contributed by atoms with E-state index < -0.39 is 20.6 Å². The molecule has 1 aromatic rings. The first-order valence-electron chi connectivity index (χ1n) is 6.54. The second-order valence-corrected chi connectivity index (χ2v) is 7.69. The molecule has 0 aromatic heterocycles. The van der Waals surface area contributed by atoms with E-state index in [4.69, 9.17) is 20.9 Å². The van der Waals surface area contributed by atoms with Gasteiger partial charge in [-0.3, -0.25) is 0 Å². The van der Waals surface area contributed by atoms with Gasteiger partial charge in [0, 0.05) is 18.2 Å².